The highest BCUT2D eigenvalue weighted by atomic mass is 35.5. The van der Waals surface area contributed by atoms with Crippen LogP contribution in [-0.2, 0) is 6.61 Å². The number of hydrogen-bond acceptors (Lipinski definition) is 6. The normalized spacial score (nSPS) is 11.3. The number of halogens is 1. The van der Waals surface area contributed by atoms with Gasteiger partial charge in [0, 0.05) is 21.7 Å². The maximum Gasteiger partial charge on any atom is 0.282 e. The van der Waals surface area contributed by atoms with Crippen molar-refractivity contribution in [2.75, 3.05) is 6.61 Å². The van der Waals surface area contributed by atoms with E-state index < -0.39 is 0 Å². The van der Waals surface area contributed by atoms with Crippen LogP contribution in [0.3, 0.4) is 0 Å². The third kappa shape index (κ3) is 6.30. The average molecular weight is 591 g/mol. The number of fused-ring (bicyclic) bond motifs is 1. The van der Waals surface area contributed by atoms with Crippen LogP contribution in [0.25, 0.3) is 22.3 Å². The van der Waals surface area contributed by atoms with E-state index in [9.17, 15) is 10.1 Å². The van der Waals surface area contributed by atoms with Crippen LogP contribution in [-0.4, -0.2) is 22.5 Å². The molecule has 1 aromatic heterocycles. The minimum Gasteiger partial charge on any atom is -0.494 e. The van der Waals surface area contributed by atoms with E-state index in [1.54, 1.807) is 42.6 Å². The summed E-state index contributed by atoms with van der Waals surface area (Å²) in [4.78, 5) is 18.8. The lowest BCUT2D eigenvalue weighted by Gasteiger charge is -2.18. The summed E-state index contributed by atoms with van der Waals surface area (Å²) in [6.45, 7) is 8.86. The maximum absolute atomic E-state index is 13.9. The molecule has 0 aliphatic rings. The van der Waals surface area contributed by atoms with Crippen LogP contribution in [0.4, 0.5) is 0 Å². The fraction of sp³-hybridized carbons (Fsp3) is 0.200. The standard InChI is InChI=1S/C35H31ClN4O3/c1-5-42-33-16-23(4)30(18-29(33)22(2)3)34-39-31-13-9-8-12-28(31)35(41)40(34)38-20-26-17-27(36)14-15-32(26)43-21-25-11-7-6-10-24(25)19-37/h6-18,20,22H,5,21H2,1-4H3. The molecular formula is C35H31ClN4O3. The summed E-state index contributed by atoms with van der Waals surface area (Å²) >= 11 is 6.36. The van der Waals surface area contributed by atoms with Gasteiger partial charge in [0.25, 0.3) is 5.56 Å². The molecule has 0 spiro atoms. The van der Waals surface area contributed by atoms with Crippen molar-refractivity contribution in [3.05, 3.63) is 122 Å². The van der Waals surface area contributed by atoms with Crippen molar-refractivity contribution in [3.63, 3.8) is 0 Å². The number of aromatic nitrogens is 2. The van der Waals surface area contributed by atoms with Crippen molar-refractivity contribution in [1.82, 2.24) is 9.66 Å². The summed E-state index contributed by atoms with van der Waals surface area (Å²) in [5.74, 6) is 1.91. The van der Waals surface area contributed by atoms with Gasteiger partial charge in [-0.15, -0.1) is 0 Å². The van der Waals surface area contributed by atoms with Gasteiger partial charge in [-0.2, -0.15) is 15.0 Å². The zero-order chi connectivity index (χ0) is 30.5. The Morgan fingerprint density at radius 1 is 1.02 bits per heavy atom. The Morgan fingerprint density at radius 2 is 1.79 bits per heavy atom. The van der Waals surface area contributed by atoms with E-state index in [2.05, 4.69) is 25.0 Å². The fourth-order valence-electron chi connectivity index (χ4n) is 4.86. The van der Waals surface area contributed by atoms with Crippen LogP contribution < -0.4 is 15.0 Å². The van der Waals surface area contributed by atoms with Crippen LogP contribution >= 0.6 is 11.6 Å². The maximum atomic E-state index is 13.9. The van der Waals surface area contributed by atoms with Crippen molar-refractivity contribution in [2.45, 2.75) is 40.2 Å². The van der Waals surface area contributed by atoms with Gasteiger partial charge in [-0.3, -0.25) is 4.79 Å². The molecule has 0 bridgehead atoms. The van der Waals surface area contributed by atoms with Gasteiger partial charge in [0.1, 0.15) is 18.1 Å². The molecule has 216 valence electrons. The number of hydrogen-bond donors (Lipinski definition) is 0. The summed E-state index contributed by atoms with van der Waals surface area (Å²) < 4.78 is 13.4. The van der Waals surface area contributed by atoms with E-state index >= 15 is 0 Å². The zero-order valence-corrected chi connectivity index (χ0v) is 25.2. The summed E-state index contributed by atoms with van der Waals surface area (Å²) in [7, 11) is 0. The number of aryl methyl sites for hydroxylation is 1. The molecule has 0 atom stereocenters. The quantitative estimate of drug-likeness (QED) is 0.163. The molecule has 5 aromatic rings. The summed E-state index contributed by atoms with van der Waals surface area (Å²) in [6.07, 6.45) is 1.55. The van der Waals surface area contributed by atoms with Crippen molar-refractivity contribution < 1.29 is 9.47 Å². The SMILES string of the molecule is CCOc1cc(C)c(-c2nc3ccccc3c(=O)n2N=Cc2cc(Cl)ccc2OCc2ccccc2C#N)cc1C(C)C. The van der Waals surface area contributed by atoms with Crippen LogP contribution in [0.1, 0.15) is 54.5 Å². The van der Waals surface area contributed by atoms with Gasteiger partial charge in [-0.05, 0) is 79.4 Å². The van der Waals surface area contributed by atoms with Gasteiger partial charge in [-0.1, -0.05) is 55.8 Å². The molecule has 1 heterocycles. The molecule has 7 nitrogen and oxygen atoms in total. The first-order chi connectivity index (χ1) is 20.8. The largest absolute Gasteiger partial charge is 0.494 e. The van der Waals surface area contributed by atoms with E-state index in [0.717, 1.165) is 28.0 Å². The molecule has 0 fully saturated rings. The monoisotopic (exact) mass is 590 g/mol. The smallest absolute Gasteiger partial charge is 0.282 e. The highest BCUT2D eigenvalue weighted by molar-refractivity contribution is 6.30. The lowest BCUT2D eigenvalue weighted by Crippen LogP contribution is -2.21. The first-order valence-corrected chi connectivity index (χ1v) is 14.4. The van der Waals surface area contributed by atoms with Gasteiger partial charge in [-0.25, -0.2) is 4.98 Å². The third-order valence-corrected chi connectivity index (χ3v) is 7.31. The fourth-order valence-corrected chi connectivity index (χ4v) is 5.04. The topological polar surface area (TPSA) is 89.5 Å². The number of para-hydroxylation sites is 1. The van der Waals surface area contributed by atoms with E-state index in [4.69, 9.17) is 26.1 Å². The molecular weight excluding hydrogens is 560 g/mol. The van der Waals surface area contributed by atoms with Crippen molar-refractivity contribution in [2.24, 2.45) is 5.10 Å². The molecule has 0 aliphatic carbocycles. The Morgan fingerprint density at radius 3 is 2.56 bits per heavy atom. The molecule has 0 aliphatic heterocycles. The van der Waals surface area contributed by atoms with Crippen molar-refractivity contribution in [3.8, 4) is 29.0 Å². The van der Waals surface area contributed by atoms with Crippen LogP contribution in [0.15, 0.2) is 88.8 Å². The molecule has 4 aromatic carbocycles. The van der Waals surface area contributed by atoms with Crippen molar-refractivity contribution in [1.29, 1.82) is 5.26 Å². The second-order valence-corrected chi connectivity index (χ2v) is 10.8. The first-order valence-electron chi connectivity index (χ1n) is 14.0. The van der Waals surface area contributed by atoms with Gasteiger partial charge >= 0.3 is 0 Å². The second kappa shape index (κ2) is 12.9. The Kier molecular flexibility index (Phi) is 8.89. The lowest BCUT2D eigenvalue weighted by molar-refractivity contribution is 0.305. The highest BCUT2D eigenvalue weighted by Crippen LogP contribution is 2.34. The average Bonchev–Trinajstić information content (AvgIpc) is 3.00. The van der Waals surface area contributed by atoms with E-state index in [1.165, 1.54) is 4.68 Å². The van der Waals surface area contributed by atoms with E-state index in [0.29, 0.717) is 45.2 Å². The molecule has 0 unspecified atom stereocenters. The molecule has 0 saturated heterocycles. The van der Waals surface area contributed by atoms with Gasteiger partial charge in [0.15, 0.2) is 5.82 Å². The molecule has 5 rings (SSSR count). The molecule has 43 heavy (non-hydrogen) atoms. The molecule has 0 radical (unpaired) electrons. The Bertz CT molecular complexity index is 1940. The van der Waals surface area contributed by atoms with Gasteiger partial charge in [0.2, 0.25) is 0 Å². The van der Waals surface area contributed by atoms with Crippen LogP contribution in [0.2, 0.25) is 5.02 Å². The Labute approximate surface area is 255 Å². The second-order valence-electron chi connectivity index (χ2n) is 10.3. The van der Waals surface area contributed by atoms with Gasteiger partial charge < -0.3 is 9.47 Å². The van der Waals surface area contributed by atoms with E-state index in [-0.39, 0.29) is 18.1 Å². The summed E-state index contributed by atoms with van der Waals surface area (Å²) in [6, 6.07) is 25.9. The predicted octanol–water partition coefficient (Wildman–Crippen LogP) is 7.88. The third-order valence-electron chi connectivity index (χ3n) is 7.08. The van der Waals surface area contributed by atoms with E-state index in [1.807, 2.05) is 56.3 Å². The Hall–Kier alpha value is -4.93. The first kappa shape index (κ1) is 29.6. The van der Waals surface area contributed by atoms with Crippen LogP contribution in [0, 0.1) is 18.3 Å². The molecule has 0 N–H and O–H groups in total. The molecule has 0 saturated carbocycles. The van der Waals surface area contributed by atoms with Crippen molar-refractivity contribution >= 4 is 28.7 Å². The minimum atomic E-state index is -0.302. The Balaban J connectivity index is 1.63. The summed E-state index contributed by atoms with van der Waals surface area (Å²) in [5.41, 5.74) is 4.84. The number of rotatable bonds is 9. The molecule has 0 amide bonds. The zero-order valence-electron chi connectivity index (χ0n) is 24.5. The highest BCUT2D eigenvalue weighted by Gasteiger charge is 2.19. The van der Waals surface area contributed by atoms with Crippen LogP contribution in [0.5, 0.6) is 11.5 Å². The predicted molar refractivity (Wildman–Crippen MR) is 171 cm³/mol. The molecule has 8 heteroatoms. The number of nitrogens with zero attached hydrogens (tertiary/aromatic N) is 4. The minimum absolute atomic E-state index is 0.179. The number of ether oxygens (including phenoxy) is 2. The number of nitriles is 1. The summed E-state index contributed by atoms with van der Waals surface area (Å²) in [5, 5.41) is 15.1. The lowest BCUT2D eigenvalue weighted by atomic mass is 9.96. The van der Waals surface area contributed by atoms with Gasteiger partial charge in [0.05, 0.1) is 35.4 Å². The number of benzene rings is 4.